The summed E-state index contributed by atoms with van der Waals surface area (Å²) in [6.07, 6.45) is 5.35. The van der Waals surface area contributed by atoms with E-state index in [-0.39, 0.29) is 0 Å². The maximum absolute atomic E-state index is 7.16. The van der Waals surface area contributed by atoms with E-state index in [0.29, 0.717) is 6.90 Å². The highest BCUT2D eigenvalue weighted by Crippen LogP contribution is 2.27. The molecule has 0 spiro atoms. The van der Waals surface area contributed by atoms with Gasteiger partial charge in [0.1, 0.15) is 0 Å². The predicted octanol–water partition coefficient (Wildman–Crippen LogP) is 2.83. The van der Waals surface area contributed by atoms with Crippen LogP contribution >= 0.6 is 0 Å². The smallest absolute Gasteiger partial charge is 0.0233 e. The van der Waals surface area contributed by atoms with Crippen molar-refractivity contribution in [3.63, 3.8) is 0 Å². The van der Waals surface area contributed by atoms with Crippen LogP contribution in [0.5, 0.6) is 0 Å². The molecular weight excluding hydrogens is 96.1 g/mol. The van der Waals surface area contributed by atoms with Crippen LogP contribution in [0.4, 0.5) is 0 Å². The second kappa shape index (κ2) is 2.52. The molecule has 0 saturated heterocycles. The standard InChI is InChI=1S/C8H16/c1-7-3-5-8(2)6-4-7/h7-8H,3-6H2,1-2H3/i1T. The van der Waals surface area contributed by atoms with Crippen LogP contribution in [0.25, 0.3) is 0 Å². The minimum Gasteiger partial charge on any atom is -0.0625 e. The van der Waals surface area contributed by atoms with Crippen LogP contribution < -0.4 is 0 Å². The van der Waals surface area contributed by atoms with Crippen molar-refractivity contribution in [3.8, 4) is 0 Å². The van der Waals surface area contributed by atoms with Gasteiger partial charge in [0.25, 0.3) is 0 Å². The first-order valence-corrected chi connectivity index (χ1v) is 3.62. The topological polar surface area (TPSA) is 0 Å². The first-order chi connectivity index (χ1) is 4.33. The Bertz CT molecular complexity index is 72.6. The second-order valence-corrected chi connectivity index (χ2v) is 3.13. The van der Waals surface area contributed by atoms with Crippen LogP contribution in [0.3, 0.4) is 0 Å². The van der Waals surface area contributed by atoms with E-state index in [2.05, 4.69) is 6.92 Å². The monoisotopic (exact) mass is 114 g/mol. The first-order valence-electron chi connectivity index (χ1n) is 4.33. The van der Waals surface area contributed by atoms with E-state index in [4.69, 9.17) is 1.37 Å². The fraction of sp³-hybridized carbons (Fsp3) is 1.00. The van der Waals surface area contributed by atoms with Gasteiger partial charge in [-0.1, -0.05) is 39.5 Å². The highest BCUT2D eigenvalue weighted by Gasteiger charge is 2.13. The zero-order valence-electron chi connectivity index (χ0n) is 6.69. The molecule has 0 atom stereocenters. The van der Waals surface area contributed by atoms with E-state index in [0.717, 1.165) is 11.8 Å². The Hall–Kier alpha value is 0. The molecule has 1 fully saturated rings. The van der Waals surface area contributed by atoms with Gasteiger partial charge < -0.3 is 0 Å². The quantitative estimate of drug-likeness (QED) is 0.454. The molecule has 0 nitrogen and oxygen atoms in total. The molecule has 0 radical (unpaired) electrons. The van der Waals surface area contributed by atoms with Crippen molar-refractivity contribution in [2.45, 2.75) is 39.5 Å². The number of hydrogen-bond donors (Lipinski definition) is 0. The Morgan fingerprint density at radius 3 is 2.12 bits per heavy atom. The van der Waals surface area contributed by atoms with E-state index in [1.165, 1.54) is 25.7 Å². The van der Waals surface area contributed by atoms with Crippen molar-refractivity contribution in [1.82, 2.24) is 0 Å². The summed E-state index contributed by atoms with van der Waals surface area (Å²) in [4.78, 5) is 0. The van der Waals surface area contributed by atoms with Crippen molar-refractivity contribution in [1.29, 1.82) is 0 Å². The van der Waals surface area contributed by atoms with Crippen molar-refractivity contribution >= 4 is 0 Å². The molecule has 0 heteroatoms. The highest BCUT2D eigenvalue weighted by molar-refractivity contribution is 4.65. The van der Waals surface area contributed by atoms with Crippen molar-refractivity contribution < 1.29 is 1.37 Å². The van der Waals surface area contributed by atoms with Gasteiger partial charge in [-0.05, 0) is 11.8 Å². The Kier molecular flexibility index (Phi) is 1.52. The summed E-state index contributed by atoms with van der Waals surface area (Å²) in [5.41, 5.74) is 0. The molecule has 1 saturated carbocycles. The number of hydrogen-bond acceptors (Lipinski definition) is 0. The summed E-state index contributed by atoms with van der Waals surface area (Å²) >= 11 is 0. The molecule has 0 aliphatic heterocycles. The molecule has 0 unspecified atom stereocenters. The molecule has 0 bridgehead atoms. The molecule has 0 amide bonds. The van der Waals surface area contributed by atoms with Crippen LogP contribution in [0, 0.1) is 11.8 Å². The Balaban J connectivity index is 2.18. The van der Waals surface area contributed by atoms with E-state index in [9.17, 15) is 0 Å². The van der Waals surface area contributed by atoms with Gasteiger partial charge in [0.05, 0.1) is 0 Å². The van der Waals surface area contributed by atoms with Gasteiger partial charge in [0, 0.05) is 1.37 Å². The maximum Gasteiger partial charge on any atom is 0.0233 e. The second-order valence-electron chi connectivity index (χ2n) is 3.13. The molecule has 1 rings (SSSR count). The third-order valence-electron chi connectivity index (χ3n) is 2.14. The Morgan fingerprint density at radius 1 is 1.12 bits per heavy atom. The average molecular weight is 114 g/mol. The molecule has 8 heavy (non-hydrogen) atoms. The van der Waals surface area contributed by atoms with Gasteiger partial charge in [0.2, 0.25) is 0 Å². The van der Waals surface area contributed by atoms with Gasteiger partial charge in [0.15, 0.2) is 0 Å². The summed E-state index contributed by atoms with van der Waals surface area (Å²) in [7, 11) is 0. The van der Waals surface area contributed by atoms with E-state index in [1.54, 1.807) is 0 Å². The van der Waals surface area contributed by atoms with Crippen LogP contribution in [0.1, 0.15) is 40.9 Å². The largest absolute Gasteiger partial charge is 0.0625 e. The van der Waals surface area contributed by atoms with E-state index < -0.39 is 0 Å². The van der Waals surface area contributed by atoms with Crippen molar-refractivity contribution in [2.24, 2.45) is 11.8 Å². The maximum atomic E-state index is 7.16. The molecule has 0 aromatic carbocycles. The van der Waals surface area contributed by atoms with Gasteiger partial charge in [-0.15, -0.1) is 0 Å². The van der Waals surface area contributed by atoms with Crippen LogP contribution in [-0.2, 0) is 0 Å². The van der Waals surface area contributed by atoms with Gasteiger partial charge in [-0.3, -0.25) is 0 Å². The van der Waals surface area contributed by atoms with Crippen LogP contribution in [0.15, 0.2) is 0 Å². The van der Waals surface area contributed by atoms with Crippen LogP contribution in [-0.4, -0.2) is 0 Å². The summed E-state index contributed by atoms with van der Waals surface area (Å²) in [6, 6.07) is 0. The highest BCUT2D eigenvalue weighted by atomic mass is 14.2. The molecule has 1 aliphatic rings. The lowest BCUT2D eigenvalue weighted by Gasteiger charge is -2.22. The summed E-state index contributed by atoms with van der Waals surface area (Å²) < 4.78 is 7.16. The molecule has 0 N–H and O–H groups in total. The SMILES string of the molecule is [3H]CC1CCC(C)CC1. The summed E-state index contributed by atoms with van der Waals surface area (Å²) in [5.74, 6) is 1.67. The summed E-state index contributed by atoms with van der Waals surface area (Å²) in [5, 5.41) is 0. The van der Waals surface area contributed by atoms with Gasteiger partial charge in [-0.25, -0.2) is 0 Å². The lowest BCUT2D eigenvalue weighted by molar-refractivity contribution is 0.308. The van der Waals surface area contributed by atoms with Crippen molar-refractivity contribution in [2.75, 3.05) is 0 Å². The molecule has 0 aromatic rings. The first kappa shape index (κ1) is 4.84. The third kappa shape index (κ3) is 1.50. The number of rotatable bonds is 0. The van der Waals surface area contributed by atoms with E-state index in [1.807, 2.05) is 0 Å². The zero-order valence-corrected chi connectivity index (χ0v) is 5.69. The van der Waals surface area contributed by atoms with Crippen LogP contribution in [0.2, 0.25) is 0 Å². The predicted molar refractivity (Wildman–Crippen MR) is 36.8 cm³/mol. The minimum absolute atomic E-state index is 0.659. The molecule has 48 valence electrons. The van der Waals surface area contributed by atoms with E-state index >= 15 is 0 Å². The summed E-state index contributed by atoms with van der Waals surface area (Å²) in [6.45, 7) is 2.98. The fourth-order valence-corrected chi connectivity index (χ4v) is 1.33. The third-order valence-corrected chi connectivity index (χ3v) is 2.14. The molecular formula is C8H16. The minimum atomic E-state index is 0.659. The molecule has 0 heterocycles. The Labute approximate surface area is 53.7 Å². The molecule has 1 aliphatic carbocycles. The normalized spacial score (nSPS) is 41.4. The Morgan fingerprint density at radius 2 is 1.62 bits per heavy atom. The van der Waals surface area contributed by atoms with Gasteiger partial charge >= 0.3 is 0 Å². The fourth-order valence-electron chi connectivity index (χ4n) is 1.33. The zero-order chi connectivity index (χ0) is 6.69. The lowest BCUT2D eigenvalue weighted by atomic mass is 9.84. The lowest BCUT2D eigenvalue weighted by Crippen LogP contribution is -2.08. The molecule has 0 aromatic heterocycles. The van der Waals surface area contributed by atoms with Gasteiger partial charge in [-0.2, -0.15) is 0 Å². The van der Waals surface area contributed by atoms with Crippen molar-refractivity contribution in [3.05, 3.63) is 0 Å². The average Bonchev–Trinajstić information content (AvgIpc) is 1.90.